The summed E-state index contributed by atoms with van der Waals surface area (Å²) in [6.07, 6.45) is 2.56. The molecule has 0 bridgehead atoms. The largest absolute Gasteiger partial charge is 2.00 e. The Morgan fingerprint density at radius 1 is 1.14 bits per heavy atom. The van der Waals surface area contributed by atoms with Crippen LogP contribution in [0.2, 0.25) is 5.02 Å². The molecule has 1 nitrogen and oxygen atoms in total. The Kier molecular flexibility index (Phi) is 14.0. The summed E-state index contributed by atoms with van der Waals surface area (Å²) in [5, 5.41) is 0.763. The number of halogens is 2. The molecule has 0 aliphatic carbocycles. The predicted octanol–water partition coefficient (Wildman–Crippen LogP) is -0.440. The van der Waals surface area contributed by atoms with Crippen molar-refractivity contribution in [2.45, 2.75) is 12.8 Å². The molecule has 2 rings (SSSR count). The van der Waals surface area contributed by atoms with Gasteiger partial charge in [-0.05, 0) is 12.8 Å². The van der Waals surface area contributed by atoms with Gasteiger partial charge in [-0.2, -0.15) is 30.3 Å². The first-order valence-corrected chi connectivity index (χ1v) is 4.47. The van der Waals surface area contributed by atoms with Gasteiger partial charge in [0.2, 0.25) is 0 Å². The van der Waals surface area contributed by atoms with Crippen LogP contribution in [0.4, 0.5) is 0 Å². The van der Waals surface area contributed by atoms with E-state index >= 15 is 0 Å². The Labute approximate surface area is 113 Å². The minimum absolute atomic E-state index is 0. The molecule has 1 heterocycles. The van der Waals surface area contributed by atoms with E-state index in [-0.39, 0.29) is 35.5 Å². The van der Waals surface area contributed by atoms with Gasteiger partial charge >= 0.3 is 23.1 Å². The standard InChI is InChI=1S/C6H4Cl.C4H8O.ClH.Mg/c7-6-4-2-1-3-5-6;1-2-4-5-3-1;;/h2-5H;1-4H2;1H;/q-1;;;+2/p-1. The van der Waals surface area contributed by atoms with Gasteiger partial charge < -0.3 is 17.1 Å². The van der Waals surface area contributed by atoms with Gasteiger partial charge in [0.05, 0.1) is 0 Å². The summed E-state index contributed by atoms with van der Waals surface area (Å²) in [7, 11) is 0. The van der Waals surface area contributed by atoms with Gasteiger partial charge in [0.15, 0.2) is 0 Å². The molecule has 1 aliphatic rings. The maximum Gasteiger partial charge on any atom is 2.00 e. The molecule has 1 aromatic rings. The number of rotatable bonds is 0. The van der Waals surface area contributed by atoms with Crippen molar-refractivity contribution in [3.63, 3.8) is 0 Å². The average molecular weight is 243 g/mol. The summed E-state index contributed by atoms with van der Waals surface area (Å²) in [4.78, 5) is 0. The van der Waals surface area contributed by atoms with Gasteiger partial charge in [0.25, 0.3) is 0 Å². The van der Waals surface area contributed by atoms with Gasteiger partial charge in [-0.3, -0.25) is 0 Å². The number of hydrogen-bond donors (Lipinski definition) is 0. The van der Waals surface area contributed by atoms with Crippen molar-refractivity contribution in [2.75, 3.05) is 13.2 Å². The van der Waals surface area contributed by atoms with Gasteiger partial charge in [0, 0.05) is 13.2 Å². The summed E-state index contributed by atoms with van der Waals surface area (Å²) in [5.74, 6) is 0. The smallest absolute Gasteiger partial charge is 1.00 e. The summed E-state index contributed by atoms with van der Waals surface area (Å²) in [6, 6.07) is 10.00. The first-order valence-electron chi connectivity index (χ1n) is 4.09. The Bertz CT molecular complexity index is 195. The van der Waals surface area contributed by atoms with Crippen LogP contribution in [0.1, 0.15) is 12.8 Å². The van der Waals surface area contributed by atoms with E-state index in [1.807, 2.05) is 0 Å². The monoisotopic (exact) mass is 242 g/mol. The molecule has 0 N–H and O–H groups in total. The molecule has 1 aromatic carbocycles. The number of ether oxygens (including phenoxy) is 1. The SMILES string of the molecule is C1CCOC1.Clc1cc[c-]cc1.[Cl-].[Mg+2]. The van der Waals surface area contributed by atoms with Gasteiger partial charge in [0.1, 0.15) is 0 Å². The second-order valence-electron chi connectivity index (χ2n) is 2.54. The average Bonchev–Trinajstić information content (AvgIpc) is 2.62. The van der Waals surface area contributed by atoms with Crippen LogP contribution in [-0.4, -0.2) is 36.3 Å². The third-order valence-electron chi connectivity index (χ3n) is 1.50. The van der Waals surface area contributed by atoms with Gasteiger partial charge in [-0.25, -0.2) is 0 Å². The topological polar surface area (TPSA) is 9.23 Å². The first-order chi connectivity index (χ1) is 5.89. The normalized spacial score (nSPS) is 12.9. The summed E-state index contributed by atoms with van der Waals surface area (Å²) in [5.41, 5.74) is 0. The second kappa shape index (κ2) is 11.6. The van der Waals surface area contributed by atoms with Crippen molar-refractivity contribution < 1.29 is 17.1 Å². The first kappa shape index (κ1) is 16.9. The van der Waals surface area contributed by atoms with Gasteiger partial charge in [-0.1, -0.05) is 5.02 Å². The van der Waals surface area contributed by atoms with E-state index < -0.39 is 0 Å². The van der Waals surface area contributed by atoms with Crippen LogP contribution in [0.5, 0.6) is 0 Å². The fourth-order valence-corrected chi connectivity index (χ4v) is 1.00. The molecular weight excluding hydrogens is 231 g/mol. The van der Waals surface area contributed by atoms with Crippen LogP contribution < -0.4 is 12.4 Å². The zero-order chi connectivity index (χ0) is 8.65. The maximum atomic E-state index is 5.52. The van der Waals surface area contributed by atoms with E-state index in [1.54, 1.807) is 24.3 Å². The zero-order valence-corrected chi connectivity index (χ0v) is 10.9. The molecule has 4 heteroatoms. The molecule has 14 heavy (non-hydrogen) atoms. The van der Waals surface area contributed by atoms with Crippen molar-refractivity contribution >= 4 is 34.7 Å². The molecule has 74 valence electrons. The van der Waals surface area contributed by atoms with Crippen LogP contribution in [0.25, 0.3) is 0 Å². The van der Waals surface area contributed by atoms with E-state index in [2.05, 4.69) is 6.07 Å². The maximum absolute atomic E-state index is 5.52. The molecular formula is C10H12Cl2MgO. The van der Waals surface area contributed by atoms with E-state index in [4.69, 9.17) is 16.3 Å². The fraction of sp³-hybridized carbons (Fsp3) is 0.400. The summed E-state index contributed by atoms with van der Waals surface area (Å²) < 4.78 is 4.94. The van der Waals surface area contributed by atoms with Gasteiger partial charge in [-0.15, -0.1) is 11.6 Å². The number of hydrogen-bond acceptors (Lipinski definition) is 1. The number of benzene rings is 1. The van der Waals surface area contributed by atoms with Crippen LogP contribution in [0, 0.1) is 6.07 Å². The fourth-order valence-electron chi connectivity index (χ4n) is 0.877. The Morgan fingerprint density at radius 2 is 1.64 bits per heavy atom. The molecule has 0 saturated carbocycles. The summed E-state index contributed by atoms with van der Waals surface area (Å²) >= 11 is 5.52. The molecule has 0 radical (unpaired) electrons. The van der Waals surface area contributed by atoms with E-state index in [1.165, 1.54) is 12.8 Å². The minimum Gasteiger partial charge on any atom is -1.00 e. The molecule has 1 saturated heterocycles. The Hall–Kier alpha value is 0.526. The molecule has 1 fully saturated rings. The minimum atomic E-state index is 0. The van der Waals surface area contributed by atoms with E-state index in [0.717, 1.165) is 18.2 Å². The molecule has 1 aliphatic heterocycles. The Morgan fingerprint density at radius 3 is 1.86 bits per heavy atom. The molecule has 0 unspecified atom stereocenters. The third-order valence-corrected chi connectivity index (χ3v) is 1.76. The zero-order valence-electron chi connectivity index (χ0n) is 8.01. The van der Waals surface area contributed by atoms with Crippen LogP contribution >= 0.6 is 11.6 Å². The van der Waals surface area contributed by atoms with Crippen LogP contribution in [0.15, 0.2) is 24.3 Å². The second-order valence-corrected chi connectivity index (χ2v) is 2.97. The molecule has 0 spiro atoms. The van der Waals surface area contributed by atoms with Crippen molar-refractivity contribution in [1.82, 2.24) is 0 Å². The van der Waals surface area contributed by atoms with E-state index in [0.29, 0.717) is 0 Å². The molecule has 0 aromatic heterocycles. The predicted molar refractivity (Wildman–Crippen MR) is 56.1 cm³/mol. The van der Waals surface area contributed by atoms with Crippen molar-refractivity contribution in [3.8, 4) is 0 Å². The van der Waals surface area contributed by atoms with Crippen molar-refractivity contribution in [2.24, 2.45) is 0 Å². The quantitative estimate of drug-likeness (QED) is 0.443. The Balaban J connectivity index is 0. The van der Waals surface area contributed by atoms with Crippen molar-refractivity contribution in [1.29, 1.82) is 0 Å². The molecule has 0 atom stereocenters. The van der Waals surface area contributed by atoms with Crippen molar-refractivity contribution in [3.05, 3.63) is 35.4 Å². The summed E-state index contributed by atoms with van der Waals surface area (Å²) in [6.45, 7) is 2.00. The third kappa shape index (κ3) is 9.10. The van der Waals surface area contributed by atoms with E-state index in [9.17, 15) is 0 Å². The van der Waals surface area contributed by atoms with Crippen LogP contribution in [-0.2, 0) is 4.74 Å². The van der Waals surface area contributed by atoms with Crippen LogP contribution in [0.3, 0.4) is 0 Å². The molecule has 0 amide bonds.